The van der Waals surface area contributed by atoms with Crippen molar-refractivity contribution < 1.29 is 22.7 Å². The first-order chi connectivity index (χ1) is 13.8. The van der Waals surface area contributed by atoms with E-state index in [1.54, 1.807) is 57.2 Å². The van der Waals surface area contributed by atoms with Crippen LogP contribution in [-0.2, 0) is 14.8 Å². The summed E-state index contributed by atoms with van der Waals surface area (Å²) in [6, 6.07) is 11.7. The van der Waals surface area contributed by atoms with Gasteiger partial charge in [0.25, 0.3) is 5.91 Å². The lowest BCUT2D eigenvalue weighted by atomic mass is 10.2. The van der Waals surface area contributed by atoms with E-state index in [4.69, 9.17) is 9.47 Å². The van der Waals surface area contributed by atoms with Crippen molar-refractivity contribution in [2.45, 2.75) is 32.6 Å². The molecule has 1 amide bonds. The van der Waals surface area contributed by atoms with Crippen LogP contribution in [0.3, 0.4) is 0 Å². The van der Waals surface area contributed by atoms with Crippen molar-refractivity contribution in [3.8, 4) is 11.5 Å². The van der Waals surface area contributed by atoms with Gasteiger partial charge in [0.15, 0.2) is 6.61 Å². The topological polar surface area (TPSA) is 84.9 Å². The zero-order valence-corrected chi connectivity index (χ0v) is 18.1. The second-order valence-electron chi connectivity index (χ2n) is 6.31. The number of nitrogens with zero attached hydrogens (tertiary/aromatic N) is 1. The molecule has 0 fully saturated rings. The Morgan fingerprint density at radius 3 is 2.21 bits per heavy atom. The smallest absolute Gasteiger partial charge is 0.262 e. The molecule has 158 valence electrons. The maximum atomic E-state index is 12.6. The van der Waals surface area contributed by atoms with Gasteiger partial charge in [-0.2, -0.15) is 4.31 Å². The van der Waals surface area contributed by atoms with Gasteiger partial charge in [0.05, 0.1) is 11.5 Å². The van der Waals surface area contributed by atoms with Crippen LogP contribution in [0.15, 0.2) is 47.4 Å². The van der Waals surface area contributed by atoms with Crippen LogP contribution in [-0.4, -0.2) is 44.9 Å². The van der Waals surface area contributed by atoms with Gasteiger partial charge in [-0.3, -0.25) is 4.79 Å². The Kier molecular flexibility index (Phi) is 8.04. The van der Waals surface area contributed by atoms with E-state index in [1.807, 2.05) is 6.92 Å². The minimum atomic E-state index is -3.53. The zero-order chi connectivity index (χ0) is 21.4. The number of benzene rings is 2. The van der Waals surface area contributed by atoms with Crippen LogP contribution in [0.1, 0.15) is 26.3 Å². The molecule has 0 aliphatic heterocycles. The highest BCUT2D eigenvalue weighted by molar-refractivity contribution is 7.89. The molecule has 0 atom stereocenters. The number of amides is 1. The lowest BCUT2D eigenvalue weighted by Gasteiger charge is -2.19. The maximum absolute atomic E-state index is 12.6. The first-order valence-electron chi connectivity index (χ1n) is 9.58. The van der Waals surface area contributed by atoms with Gasteiger partial charge < -0.3 is 14.8 Å². The second-order valence-corrected chi connectivity index (χ2v) is 8.25. The first kappa shape index (κ1) is 22.7. The van der Waals surface area contributed by atoms with E-state index in [2.05, 4.69) is 5.32 Å². The lowest BCUT2D eigenvalue weighted by Crippen LogP contribution is -2.30. The largest absolute Gasteiger partial charge is 0.494 e. The van der Waals surface area contributed by atoms with Crippen LogP contribution in [0, 0.1) is 6.92 Å². The third-order valence-electron chi connectivity index (χ3n) is 4.30. The Morgan fingerprint density at radius 1 is 1.00 bits per heavy atom. The molecule has 0 saturated heterocycles. The molecular weight excluding hydrogens is 392 g/mol. The summed E-state index contributed by atoms with van der Waals surface area (Å²) in [4.78, 5) is 12.3. The van der Waals surface area contributed by atoms with Crippen LogP contribution in [0.2, 0.25) is 0 Å². The fourth-order valence-electron chi connectivity index (χ4n) is 2.80. The number of carbonyl (C=O) groups excluding carboxylic acids is 1. The normalized spacial score (nSPS) is 11.3. The summed E-state index contributed by atoms with van der Waals surface area (Å²) in [5.74, 6) is 0.885. The standard InChI is InChI=1S/C21H28N2O5S/c1-5-23(6-2)29(25,26)19-12-13-20(16(4)14-19)28-15-21(24)22-17-8-10-18(11-9-17)27-7-3/h8-14H,5-7,15H2,1-4H3,(H,22,24). The molecule has 0 spiro atoms. The quantitative estimate of drug-likeness (QED) is 0.636. The van der Waals surface area contributed by atoms with E-state index in [0.29, 0.717) is 36.7 Å². The predicted molar refractivity (Wildman–Crippen MR) is 113 cm³/mol. The third-order valence-corrected chi connectivity index (χ3v) is 6.34. The molecule has 7 nitrogen and oxygen atoms in total. The Balaban J connectivity index is 1.99. The molecule has 0 aliphatic rings. The molecular formula is C21H28N2O5S. The monoisotopic (exact) mass is 420 g/mol. The minimum absolute atomic E-state index is 0.184. The highest BCUT2D eigenvalue weighted by Gasteiger charge is 2.22. The van der Waals surface area contributed by atoms with Crippen molar-refractivity contribution in [1.29, 1.82) is 0 Å². The van der Waals surface area contributed by atoms with E-state index in [0.717, 1.165) is 5.75 Å². The van der Waals surface area contributed by atoms with Gasteiger partial charge in [-0.05, 0) is 61.9 Å². The molecule has 0 saturated carbocycles. The average molecular weight is 421 g/mol. The van der Waals surface area contributed by atoms with Crippen molar-refractivity contribution in [2.75, 3.05) is 31.6 Å². The molecule has 0 aliphatic carbocycles. The van der Waals surface area contributed by atoms with Crippen molar-refractivity contribution in [1.82, 2.24) is 4.31 Å². The molecule has 29 heavy (non-hydrogen) atoms. The van der Waals surface area contributed by atoms with Crippen molar-refractivity contribution in [3.05, 3.63) is 48.0 Å². The summed E-state index contributed by atoms with van der Waals surface area (Å²) in [6.07, 6.45) is 0. The Hall–Kier alpha value is -2.58. The molecule has 1 N–H and O–H groups in total. The number of carbonyl (C=O) groups is 1. The van der Waals surface area contributed by atoms with Crippen LogP contribution in [0.25, 0.3) is 0 Å². The molecule has 0 heterocycles. The highest BCUT2D eigenvalue weighted by atomic mass is 32.2. The number of hydrogen-bond donors (Lipinski definition) is 1. The first-order valence-corrected chi connectivity index (χ1v) is 11.0. The summed E-state index contributed by atoms with van der Waals surface area (Å²) in [5, 5.41) is 2.74. The maximum Gasteiger partial charge on any atom is 0.262 e. The van der Waals surface area contributed by atoms with Gasteiger partial charge in [-0.25, -0.2) is 8.42 Å². The SMILES string of the molecule is CCOc1ccc(NC(=O)COc2ccc(S(=O)(=O)N(CC)CC)cc2C)cc1. The predicted octanol–water partition coefficient (Wildman–Crippen LogP) is 3.44. The number of aryl methyl sites for hydroxylation is 1. The summed E-state index contributed by atoms with van der Waals surface area (Å²) >= 11 is 0. The fourth-order valence-corrected chi connectivity index (χ4v) is 4.34. The number of ether oxygens (including phenoxy) is 2. The van der Waals surface area contributed by atoms with Crippen molar-refractivity contribution >= 4 is 21.6 Å². The Bertz CT molecular complexity index is 923. The third kappa shape index (κ3) is 5.95. The molecule has 0 radical (unpaired) electrons. The average Bonchev–Trinajstić information content (AvgIpc) is 2.69. The molecule has 2 rings (SSSR count). The summed E-state index contributed by atoms with van der Waals surface area (Å²) < 4.78 is 37.5. The molecule has 8 heteroatoms. The van der Waals surface area contributed by atoms with E-state index >= 15 is 0 Å². The Morgan fingerprint density at radius 2 is 1.66 bits per heavy atom. The summed E-state index contributed by atoms with van der Waals surface area (Å²) in [7, 11) is -3.53. The van der Waals surface area contributed by atoms with Crippen molar-refractivity contribution in [3.63, 3.8) is 0 Å². The van der Waals surface area contributed by atoms with Gasteiger partial charge in [-0.1, -0.05) is 13.8 Å². The van der Waals surface area contributed by atoms with Gasteiger partial charge in [0.2, 0.25) is 10.0 Å². The summed E-state index contributed by atoms with van der Waals surface area (Å²) in [5.41, 5.74) is 1.28. The summed E-state index contributed by atoms with van der Waals surface area (Å²) in [6.45, 7) is 8.46. The number of anilines is 1. The van der Waals surface area contributed by atoms with E-state index in [1.165, 1.54) is 10.4 Å². The number of hydrogen-bond acceptors (Lipinski definition) is 5. The zero-order valence-electron chi connectivity index (χ0n) is 17.3. The van der Waals surface area contributed by atoms with Crippen LogP contribution in [0.4, 0.5) is 5.69 Å². The molecule has 0 bridgehead atoms. The van der Waals surface area contributed by atoms with E-state index in [-0.39, 0.29) is 17.4 Å². The fraction of sp³-hybridized carbons (Fsp3) is 0.381. The van der Waals surface area contributed by atoms with Crippen LogP contribution in [0.5, 0.6) is 11.5 Å². The minimum Gasteiger partial charge on any atom is -0.494 e. The van der Waals surface area contributed by atoms with E-state index in [9.17, 15) is 13.2 Å². The molecule has 2 aromatic rings. The van der Waals surface area contributed by atoms with Gasteiger partial charge in [0, 0.05) is 18.8 Å². The van der Waals surface area contributed by atoms with Crippen LogP contribution >= 0.6 is 0 Å². The molecule has 0 aromatic heterocycles. The van der Waals surface area contributed by atoms with Crippen molar-refractivity contribution in [2.24, 2.45) is 0 Å². The van der Waals surface area contributed by atoms with Gasteiger partial charge >= 0.3 is 0 Å². The van der Waals surface area contributed by atoms with Gasteiger partial charge in [-0.15, -0.1) is 0 Å². The lowest BCUT2D eigenvalue weighted by molar-refractivity contribution is -0.118. The molecule has 2 aromatic carbocycles. The number of nitrogens with one attached hydrogen (secondary N) is 1. The highest BCUT2D eigenvalue weighted by Crippen LogP contribution is 2.24. The second kappa shape index (κ2) is 10.3. The number of rotatable bonds is 10. The van der Waals surface area contributed by atoms with Crippen LogP contribution < -0.4 is 14.8 Å². The number of sulfonamides is 1. The molecule has 0 unspecified atom stereocenters. The van der Waals surface area contributed by atoms with Gasteiger partial charge in [0.1, 0.15) is 11.5 Å². The van der Waals surface area contributed by atoms with E-state index < -0.39 is 10.0 Å². The Labute approximate surface area is 172 Å².